The zero-order valence-corrected chi connectivity index (χ0v) is 18.7. The Morgan fingerprint density at radius 3 is 2.74 bits per heavy atom. The molecule has 0 aromatic carbocycles. The van der Waals surface area contributed by atoms with Gasteiger partial charge in [0.1, 0.15) is 17.7 Å². The SMILES string of the molecule is CCc1oc(CCc2cc(N3CCC(F)(F)C(OC)C3)cc(NCCOC)n2)nc1C. The second-order valence-electron chi connectivity index (χ2n) is 7.77. The van der Waals surface area contributed by atoms with Crippen molar-refractivity contribution in [3.05, 3.63) is 35.2 Å². The molecule has 0 amide bonds. The van der Waals surface area contributed by atoms with Crippen molar-refractivity contribution < 1.29 is 22.7 Å². The number of ether oxygens (including phenoxy) is 2. The predicted molar refractivity (Wildman–Crippen MR) is 115 cm³/mol. The highest BCUT2D eigenvalue weighted by Crippen LogP contribution is 2.33. The molecule has 1 aliphatic rings. The van der Waals surface area contributed by atoms with E-state index < -0.39 is 12.0 Å². The van der Waals surface area contributed by atoms with Gasteiger partial charge in [0.15, 0.2) is 5.89 Å². The maximum absolute atomic E-state index is 14.1. The lowest BCUT2D eigenvalue weighted by atomic mass is 10.0. The number of methoxy groups -OCH3 is 2. The number of aryl methyl sites for hydroxylation is 4. The molecular weight excluding hydrogens is 406 g/mol. The van der Waals surface area contributed by atoms with E-state index in [1.165, 1.54) is 7.11 Å². The van der Waals surface area contributed by atoms with Crippen LogP contribution >= 0.6 is 0 Å². The predicted octanol–water partition coefficient (Wildman–Crippen LogP) is 3.64. The minimum Gasteiger partial charge on any atom is -0.445 e. The molecule has 1 N–H and O–H groups in total. The summed E-state index contributed by atoms with van der Waals surface area (Å²) >= 11 is 0. The van der Waals surface area contributed by atoms with Gasteiger partial charge in [0.2, 0.25) is 0 Å². The average Bonchev–Trinajstić information content (AvgIpc) is 3.12. The molecule has 1 saturated heterocycles. The van der Waals surface area contributed by atoms with Crippen molar-refractivity contribution in [2.45, 2.75) is 51.6 Å². The van der Waals surface area contributed by atoms with Crippen LogP contribution in [0.5, 0.6) is 0 Å². The maximum atomic E-state index is 14.1. The number of hydrogen-bond donors (Lipinski definition) is 1. The molecule has 0 saturated carbocycles. The van der Waals surface area contributed by atoms with Gasteiger partial charge in [-0.15, -0.1) is 0 Å². The van der Waals surface area contributed by atoms with Crippen LogP contribution in [0.2, 0.25) is 0 Å². The number of nitrogens with one attached hydrogen (secondary N) is 1. The molecule has 1 aliphatic heterocycles. The summed E-state index contributed by atoms with van der Waals surface area (Å²) in [6.45, 7) is 5.51. The summed E-state index contributed by atoms with van der Waals surface area (Å²) in [6, 6.07) is 3.84. The van der Waals surface area contributed by atoms with Gasteiger partial charge in [-0.25, -0.2) is 18.7 Å². The average molecular weight is 439 g/mol. The van der Waals surface area contributed by atoms with Crippen LogP contribution in [-0.4, -0.2) is 62.5 Å². The van der Waals surface area contributed by atoms with Crippen LogP contribution in [0.25, 0.3) is 0 Å². The Balaban J connectivity index is 1.78. The van der Waals surface area contributed by atoms with E-state index in [2.05, 4.69) is 10.3 Å². The van der Waals surface area contributed by atoms with Gasteiger partial charge in [0.05, 0.1) is 18.8 Å². The summed E-state index contributed by atoms with van der Waals surface area (Å²) in [6.07, 6.45) is 0.678. The second-order valence-corrected chi connectivity index (χ2v) is 7.77. The Hall–Kier alpha value is -2.26. The summed E-state index contributed by atoms with van der Waals surface area (Å²) in [7, 11) is 2.97. The van der Waals surface area contributed by atoms with Gasteiger partial charge in [0, 0.05) is 64.0 Å². The summed E-state index contributed by atoms with van der Waals surface area (Å²) in [4.78, 5) is 11.1. The van der Waals surface area contributed by atoms with Crippen molar-refractivity contribution in [3.63, 3.8) is 0 Å². The fourth-order valence-corrected chi connectivity index (χ4v) is 3.76. The van der Waals surface area contributed by atoms with Crippen molar-refractivity contribution in [2.24, 2.45) is 0 Å². The third-order valence-corrected chi connectivity index (χ3v) is 5.55. The van der Waals surface area contributed by atoms with Crippen LogP contribution in [-0.2, 0) is 28.7 Å². The molecule has 0 bridgehead atoms. The molecular formula is C22H32F2N4O3. The standard InChI is InChI=1S/C22H32F2N4O3/c1-5-18-15(2)26-21(31-18)7-6-16-12-17(13-20(27-16)25-9-11-29-3)28-10-8-22(23,24)19(14-28)30-4/h12-13,19H,5-11,14H2,1-4H3,(H,25,27). The van der Waals surface area contributed by atoms with Crippen molar-refractivity contribution in [1.82, 2.24) is 9.97 Å². The summed E-state index contributed by atoms with van der Waals surface area (Å²) in [5.41, 5.74) is 2.61. The number of piperidine rings is 1. The van der Waals surface area contributed by atoms with E-state index in [0.717, 1.165) is 29.3 Å². The molecule has 0 spiro atoms. The Labute approximate surface area is 182 Å². The fraction of sp³-hybridized carbons (Fsp3) is 0.636. The van der Waals surface area contributed by atoms with Crippen molar-refractivity contribution in [1.29, 1.82) is 0 Å². The topological polar surface area (TPSA) is 72.7 Å². The quantitative estimate of drug-likeness (QED) is 0.568. The van der Waals surface area contributed by atoms with Gasteiger partial charge < -0.3 is 24.1 Å². The summed E-state index contributed by atoms with van der Waals surface area (Å²) in [5.74, 6) is -0.542. The molecule has 9 heteroatoms. The number of pyridine rings is 1. The number of anilines is 2. The monoisotopic (exact) mass is 438 g/mol. The molecule has 1 atom stereocenters. The molecule has 3 heterocycles. The Kier molecular flexibility index (Phi) is 7.83. The molecule has 2 aromatic heterocycles. The minimum absolute atomic E-state index is 0.128. The van der Waals surface area contributed by atoms with Gasteiger partial charge in [-0.05, 0) is 19.4 Å². The largest absolute Gasteiger partial charge is 0.445 e. The summed E-state index contributed by atoms with van der Waals surface area (Å²) < 4.78 is 44.2. The minimum atomic E-state index is -2.82. The van der Waals surface area contributed by atoms with E-state index in [0.29, 0.717) is 37.7 Å². The lowest BCUT2D eigenvalue weighted by molar-refractivity contribution is -0.132. The molecule has 1 fully saturated rings. The van der Waals surface area contributed by atoms with Crippen LogP contribution in [0.3, 0.4) is 0 Å². The Bertz CT molecular complexity index is 859. The normalized spacial score (nSPS) is 18.4. The number of hydrogen-bond acceptors (Lipinski definition) is 7. The first kappa shape index (κ1) is 23.4. The highest BCUT2D eigenvalue weighted by atomic mass is 19.3. The number of rotatable bonds is 10. The van der Waals surface area contributed by atoms with Crippen LogP contribution in [0.1, 0.15) is 36.4 Å². The molecule has 0 aliphatic carbocycles. The van der Waals surface area contributed by atoms with Gasteiger partial charge in [-0.1, -0.05) is 6.92 Å². The van der Waals surface area contributed by atoms with E-state index >= 15 is 0 Å². The van der Waals surface area contributed by atoms with Crippen LogP contribution in [0, 0.1) is 6.92 Å². The highest BCUT2D eigenvalue weighted by Gasteiger charge is 2.44. The van der Waals surface area contributed by atoms with E-state index in [1.54, 1.807) is 7.11 Å². The molecule has 0 radical (unpaired) electrons. The third kappa shape index (κ3) is 5.92. The van der Waals surface area contributed by atoms with Gasteiger partial charge in [0.25, 0.3) is 5.92 Å². The Morgan fingerprint density at radius 1 is 1.26 bits per heavy atom. The van der Waals surface area contributed by atoms with Gasteiger partial charge in [-0.2, -0.15) is 0 Å². The Morgan fingerprint density at radius 2 is 2.06 bits per heavy atom. The second kappa shape index (κ2) is 10.4. The number of halogens is 2. The molecule has 3 rings (SSSR count). The molecule has 172 valence electrons. The zero-order valence-electron chi connectivity index (χ0n) is 18.7. The molecule has 7 nitrogen and oxygen atoms in total. The third-order valence-electron chi connectivity index (χ3n) is 5.55. The maximum Gasteiger partial charge on any atom is 0.277 e. The van der Waals surface area contributed by atoms with Gasteiger partial charge in [-0.3, -0.25) is 0 Å². The van der Waals surface area contributed by atoms with E-state index in [9.17, 15) is 8.78 Å². The first-order chi connectivity index (χ1) is 14.9. The number of aromatic nitrogens is 2. The molecule has 2 aromatic rings. The van der Waals surface area contributed by atoms with E-state index in [1.807, 2.05) is 30.9 Å². The molecule has 1 unspecified atom stereocenters. The van der Waals surface area contributed by atoms with E-state index in [-0.39, 0.29) is 19.5 Å². The smallest absolute Gasteiger partial charge is 0.277 e. The van der Waals surface area contributed by atoms with Crippen LogP contribution in [0.15, 0.2) is 16.5 Å². The first-order valence-electron chi connectivity index (χ1n) is 10.7. The first-order valence-corrected chi connectivity index (χ1v) is 10.7. The van der Waals surface area contributed by atoms with Crippen LogP contribution < -0.4 is 10.2 Å². The number of alkyl halides is 2. The van der Waals surface area contributed by atoms with E-state index in [4.69, 9.17) is 18.9 Å². The van der Waals surface area contributed by atoms with Crippen molar-refractivity contribution >= 4 is 11.5 Å². The number of oxazole rings is 1. The van der Waals surface area contributed by atoms with Crippen molar-refractivity contribution in [2.75, 3.05) is 50.7 Å². The lowest BCUT2D eigenvalue weighted by Gasteiger charge is -2.38. The van der Waals surface area contributed by atoms with Crippen molar-refractivity contribution in [3.8, 4) is 0 Å². The summed E-state index contributed by atoms with van der Waals surface area (Å²) in [5, 5.41) is 3.25. The fourth-order valence-electron chi connectivity index (χ4n) is 3.76. The van der Waals surface area contributed by atoms with Crippen LogP contribution in [0.4, 0.5) is 20.3 Å². The highest BCUT2D eigenvalue weighted by molar-refractivity contribution is 5.56. The lowest BCUT2D eigenvalue weighted by Crippen LogP contribution is -2.51. The van der Waals surface area contributed by atoms with Gasteiger partial charge >= 0.3 is 0 Å². The zero-order chi connectivity index (χ0) is 22.4. The number of nitrogens with zero attached hydrogens (tertiary/aromatic N) is 3. The molecule has 31 heavy (non-hydrogen) atoms.